The van der Waals surface area contributed by atoms with Crippen molar-refractivity contribution in [1.29, 1.82) is 5.41 Å². The topological polar surface area (TPSA) is 23.9 Å². The van der Waals surface area contributed by atoms with Gasteiger partial charge < -0.3 is 5.41 Å². The molecule has 6 heteroatoms. The summed E-state index contributed by atoms with van der Waals surface area (Å²) in [5.41, 5.74) is 0. The van der Waals surface area contributed by atoms with Crippen LogP contribution in [-0.4, -0.2) is 6.21 Å². The van der Waals surface area contributed by atoms with Crippen LogP contribution in [0.25, 0.3) is 0 Å². The van der Waals surface area contributed by atoms with Crippen molar-refractivity contribution in [2.75, 3.05) is 0 Å². The van der Waals surface area contributed by atoms with Crippen LogP contribution in [0.5, 0.6) is 0 Å². The van der Waals surface area contributed by atoms with Crippen molar-refractivity contribution in [1.82, 2.24) is 0 Å². The summed E-state index contributed by atoms with van der Waals surface area (Å²) in [6.45, 7) is 2.17. The molecule has 0 unspecified atom stereocenters. The van der Waals surface area contributed by atoms with Gasteiger partial charge in [-0.05, 0) is 19.1 Å². The predicted molar refractivity (Wildman–Crippen MR) is 89.0 cm³/mol. The fourth-order valence-electron chi connectivity index (χ4n) is 0.496. The van der Waals surface area contributed by atoms with Crippen molar-refractivity contribution < 1.29 is 0.838 Å². The minimum absolute atomic E-state index is 0.966. The van der Waals surface area contributed by atoms with Gasteiger partial charge in [0.25, 0.3) is 0 Å². The van der Waals surface area contributed by atoms with Gasteiger partial charge in [0.2, 0.25) is 0 Å². The molecule has 0 radical (unpaired) electrons. The zero-order chi connectivity index (χ0) is 10.0. The van der Waals surface area contributed by atoms with Crippen LogP contribution in [0.15, 0.2) is 0 Å². The van der Waals surface area contributed by atoms with Gasteiger partial charge in [0.1, 0.15) is 0 Å². The monoisotopic (exact) mass is 799 g/mol. The molecule has 0 aliphatic carbocycles. The van der Waals surface area contributed by atoms with E-state index in [9.17, 15) is 0 Å². The van der Waals surface area contributed by atoms with Gasteiger partial charge in [-0.3, -0.25) is 0 Å². The zero-order valence-corrected chi connectivity index (χ0v) is 17.9. The minimum atomic E-state index is -1.18. The summed E-state index contributed by atoms with van der Waals surface area (Å²) in [5.74, 6) is 0. The van der Waals surface area contributed by atoms with Crippen LogP contribution in [-0.2, 0) is 0.838 Å². The summed E-state index contributed by atoms with van der Waals surface area (Å²) in [5, 5.41) is 6.66. The molecule has 0 fully saturated rings. The fraction of sp³-hybridized carbons (Fsp3) is 0.833. The van der Waals surface area contributed by atoms with Gasteiger partial charge in [-0.15, -0.1) is 0 Å². The average molecular weight is 797 g/mol. The Balaban J connectivity index is 0. The molecule has 0 rings (SSSR count). The first-order valence-corrected chi connectivity index (χ1v) is 32.3. The number of unbranched alkanes of at least 4 members (excludes halogenated alkanes) is 3. The van der Waals surface area contributed by atoms with Crippen molar-refractivity contribution in [3.05, 3.63) is 0 Å². The van der Waals surface area contributed by atoms with E-state index in [1.165, 1.54) is 25.5 Å². The van der Waals surface area contributed by atoms with E-state index in [2.05, 4.69) is 85.6 Å². The van der Waals surface area contributed by atoms with E-state index in [0.29, 0.717) is 0 Å². The Kier molecular flexibility index (Phi) is 18.1. The second kappa shape index (κ2) is 12.3. The van der Waals surface area contributed by atoms with Crippen molar-refractivity contribution in [3.8, 4) is 0 Å². The first kappa shape index (κ1) is 17.6. The Morgan fingerprint density at radius 1 is 1.17 bits per heavy atom. The van der Waals surface area contributed by atoms with Crippen molar-refractivity contribution in [3.63, 3.8) is 0 Å². The standard InChI is InChI=1S/C6H13N.4HI.Os/c1-2-3-4-5-6-7;;;;;/h6-7H,2-5H2,1H3;4*1H;/q;;;;;+4/p-4. The Labute approximate surface area is 121 Å². The zero-order valence-electron chi connectivity index (χ0n) is 6.77. The molecular formula is C6H13I4NOs. The molecule has 0 bridgehead atoms. The van der Waals surface area contributed by atoms with Gasteiger partial charge >= 0.3 is 79.5 Å². The van der Waals surface area contributed by atoms with Crippen LogP contribution in [0.1, 0.15) is 32.6 Å². The summed E-state index contributed by atoms with van der Waals surface area (Å²) in [7, 11) is 0. The average Bonchev–Trinajstić information content (AvgIpc) is 1.85. The summed E-state index contributed by atoms with van der Waals surface area (Å²) in [4.78, 5) is 0. The van der Waals surface area contributed by atoms with Crippen molar-refractivity contribution >= 4 is 84.9 Å². The molecule has 0 aromatic carbocycles. The summed E-state index contributed by atoms with van der Waals surface area (Å²) in [6, 6.07) is 0. The molecule has 0 aliphatic heterocycles. The van der Waals surface area contributed by atoms with E-state index in [1.54, 1.807) is 0 Å². The molecular weight excluding hydrogens is 784 g/mol. The first-order valence-electron chi connectivity index (χ1n) is 3.44. The third-order valence-electron chi connectivity index (χ3n) is 0.952. The third kappa shape index (κ3) is 37.9. The molecule has 0 aromatic heterocycles. The van der Waals surface area contributed by atoms with E-state index in [4.69, 9.17) is 5.41 Å². The Hall–Kier alpha value is 3.23. The molecule has 0 aromatic rings. The van der Waals surface area contributed by atoms with Gasteiger partial charge in [0.15, 0.2) is 0 Å². The van der Waals surface area contributed by atoms with Crippen LogP contribution in [0.3, 0.4) is 0 Å². The number of nitrogens with one attached hydrogen (secondary N) is 1. The molecule has 0 amide bonds. The van der Waals surface area contributed by atoms with Crippen LogP contribution < -0.4 is 0 Å². The van der Waals surface area contributed by atoms with Crippen LogP contribution in [0.4, 0.5) is 0 Å². The van der Waals surface area contributed by atoms with Crippen molar-refractivity contribution in [2.45, 2.75) is 32.6 Å². The van der Waals surface area contributed by atoms with E-state index in [0.717, 1.165) is 6.42 Å². The van der Waals surface area contributed by atoms with Gasteiger partial charge in [0, 0.05) is 0 Å². The molecule has 1 N–H and O–H groups in total. The molecule has 0 spiro atoms. The normalized spacial score (nSPS) is 11.4. The second-order valence-electron chi connectivity index (χ2n) is 2.00. The van der Waals surface area contributed by atoms with E-state index < -0.39 is 0.838 Å². The number of halogens is 4. The summed E-state index contributed by atoms with van der Waals surface area (Å²) < 4.78 is -1.18. The van der Waals surface area contributed by atoms with Gasteiger partial charge in [-0.25, -0.2) is 0 Å². The molecule has 0 aliphatic rings. The molecule has 0 atom stereocenters. The third-order valence-corrected chi connectivity index (χ3v) is 0.952. The van der Waals surface area contributed by atoms with E-state index >= 15 is 0 Å². The molecule has 1 nitrogen and oxygen atoms in total. The predicted octanol–water partition coefficient (Wildman–Crippen LogP) is 5.76. The number of rotatable bonds is 4. The number of hydrogen-bond donors (Lipinski definition) is 1. The van der Waals surface area contributed by atoms with Crippen LogP contribution in [0.2, 0.25) is 0 Å². The second-order valence-corrected chi connectivity index (χ2v) is 113. The summed E-state index contributed by atoms with van der Waals surface area (Å²) in [6.07, 6.45) is 6.17. The van der Waals surface area contributed by atoms with Gasteiger partial charge in [-0.2, -0.15) is 0 Å². The molecule has 0 saturated carbocycles. The summed E-state index contributed by atoms with van der Waals surface area (Å²) >= 11 is 10.1. The molecule has 78 valence electrons. The van der Waals surface area contributed by atoms with E-state index in [-0.39, 0.29) is 0 Å². The first-order chi connectivity index (χ1) is 5.41. The van der Waals surface area contributed by atoms with Gasteiger partial charge in [-0.1, -0.05) is 19.8 Å². The maximum absolute atomic E-state index is 6.66. The van der Waals surface area contributed by atoms with Crippen LogP contribution in [0, 0.1) is 5.41 Å². The van der Waals surface area contributed by atoms with E-state index in [1.807, 2.05) is 0 Å². The maximum atomic E-state index is 6.66. The SMILES string of the molecule is CCCCCC=N.[I][Os]([I])([I])[I]. The Bertz CT molecular complexity index is 98.2. The van der Waals surface area contributed by atoms with Crippen molar-refractivity contribution in [2.24, 2.45) is 0 Å². The quantitative estimate of drug-likeness (QED) is 0.213. The fourth-order valence-corrected chi connectivity index (χ4v) is 0.496. The molecule has 0 saturated heterocycles. The number of hydrogen-bond acceptors (Lipinski definition) is 1. The molecule has 0 heterocycles. The molecule has 12 heavy (non-hydrogen) atoms. The van der Waals surface area contributed by atoms with Crippen LogP contribution >= 0.6 is 78.7 Å². The van der Waals surface area contributed by atoms with Gasteiger partial charge in [0.05, 0.1) is 0 Å². The Morgan fingerprint density at radius 2 is 1.58 bits per heavy atom. The Morgan fingerprint density at radius 3 is 1.83 bits per heavy atom.